The van der Waals surface area contributed by atoms with Crippen LogP contribution in [0.4, 0.5) is 0 Å². The topological polar surface area (TPSA) is 60.2 Å². The molecule has 5 nitrogen and oxygen atoms in total. The van der Waals surface area contributed by atoms with Gasteiger partial charge in [-0.2, -0.15) is 4.98 Å². The lowest BCUT2D eigenvalue weighted by atomic mass is 9.85. The van der Waals surface area contributed by atoms with Gasteiger partial charge in [0, 0.05) is 18.6 Å². The van der Waals surface area contributed by atoms with Gasteiger partial charge in [0.05, 0.1) is 12.5 Å². The Morgan fingerprint density at radius 3 is 2.95 bits per heavy atom. The molecule has 0 aromatic carbocycles. The standard InChI is InChI=1S/C14H23N3O2/c1-2-7-15-12-6-8-18-9-11(12)14-16-13(17-19-14)10-4-3-5-10/h10-12,15H,2-9H2,1H3. The minimum atomic E-state index is 0.210. The molecule has 19 heavy (non-hydrogen) atoms. The van der Waals surface area contributed by atoms with Gasteiger partial charge in [0.1, 0.15) is 0 Å². The lowest BCUT2D eigenvalue weighted by molar-refractivity contribution is 0.0498. The molecule has 5 heteroatoms. The molecule has 1 aromatic rings. The third-order valence-electron chi connectivity index (χ3n) is 4.26. The van der Waals surface area contributed by atoms with Crippen molar-refractivity contribution in [3.05, 3.63) is 11.7 Å². The predicted molar refractivity (Wildman–Crippen MR) is 71.1 cm³/mol. The fraction of sp³-hybridized carbons (Fsp3) is 0.857. The molecular formula is C14H23N3O2. The lowest BCUT2D eigenvalue weighted by Gasteiger charge is -2.29. The quantitative estimate of drug-likeness (QED) is 0.884. The second-order valence-corrected chi connectivity index (χ2v) is 5.65. The van der Waals surface area contributed by atoms with Gasteiger partial charge in [-0.3, -0.25) is 0 Å². The Bertz CT molecular complexity index is 403. The lowest BCUT2D eigenvalue weighted by Crippen LogP contribution is -2.41. The molecule has 1 aliphatic carbocycles. The van der Waals surface area contributed by atoms with E-state index in [4.69, 9.17) is 9.26 Å². The van der Waals surface area contributed by atoms with Crippen molar-refractivity contribution in [1.82, 2.24) is 15.5 Å². The summed E-state index contributed by atoms with van der Waals surface area (Å²) in [7, 11) is 0. The van der Waals surface area contributed by atoms with E-state index in [0.717, 1.165) is 37.7 Å². The highest BCUT2D eigenvalue weighted by atomic mass is 16.5. The summed E-state index contributed by atoms with van der Waals surface area (Å²) < 4.78 is 11.1. The Morgan fingerprint density at radius 1 is 1.32 bits per heavy atom. The van der Waals surface area contributed by atoms with Crippen LogP contribution in [-0.4, -0.2) is 35.9 Å². The maximum atomic E-state index is 5.59. The SMILES string of the molecule is CCCNC1CCOCC1c1nc(C2CCC2)no1. The summed E-state index contributed by atoms with van der Waals surface area (Å²) in [6.45, 7) is 4.72. The molecule has 2 heterocycles. The van der Waals surface area contributed by atoms with Crippen molar-refractivity contribution in [2.24, 2.45) is 0 Å². The van der Waals surface area contributed by atoms with Gasteiger partial charge in [-0.25, -0.2) is 0 Å². The summed E-state index contributed by atoms with van der Waals surface area (Å²) in [5.74, 6) is 2.40. The van der Waals surface area contributed by atoms with Crippen LogP contribution in [0.5, 0.6) is 0 Å². The normalized spacial score (nSPS) is 28.3. The minimum absolute atomic E-state index is 0.210. The zero-order chi connectivity index (χ0) is 13.1. The molecule has 2 unspecified atom stereocenters. The first-order chi connectivity index (χ1) is 9.38. The van der Waals surface area contributed by atoms with Crippen molar-refractivity contribution < 1.29 is 9.26 Å². The van der Waals surface area contributed by atoms with Crippen LogP contribution in [0, 0.1) is 0 Å². The Hall–Kier alpha value is -0.940. The number of ether oxygens (including phenoxy) is 1. The average molecular weight is 265 g/mol. The van der Waals surface area contributed by atoms with Crippen LogP contribution >= 0.6 is 0 Å². The van der Waals surface area contributed by atoms with Gasteiger partial charge < -0.3 is 14.6 Å². The molecule has 0 spiro atoms. The average Bonchev–Trinajstić information content (AvgIpc) is 2.84. The van der Waals surface area contributed by atoms with Gasteiger partial charge in [0.15, 0.2) is 5.82 Å². The molecule has 1 saturated heterocycles. The molecule has 106 valence electrons. The van der Waals surface area contributed by atoms with E-state index in [1.807, 2.05) is 0 Å². The summed E-state index contributed by atoms with van der Waals surface area (Å²) in [6.07, 6.45) is 5.87. The largest absolute Gasteiger partial charge is 0.381 e. The fourth-order valence-electron chi connectivity index (χ4n) is 2.79. The van der Waals surface area contributed by atoms with E-state index in [1.165, 1.54) is 19.3 Å². The monoisotopic (exact) mass is 265 g/mol. The number of nitrogens with zero attached hydrogens (tertiary/aromatic N) is 2. The summed E-state index contributed by atoms with van der Waals surface area (Å²) in [6, 6.07) is 0.406. The maximum Gasteiger partial charge on any atom is 0.233 e. The molecule has 1 aromatic heterocycles. The third kappa shape index (κ3) is 2.82. The van der Waals surface area contributed by atoms with E-state index in [9.17, 15) is 0 Å². The summed E-state index contributed by atoms with van der Waals surface area (Å²) in [5.41, 5.74) is 0. The first-order valence-corrected chi connectivity index (χ1v) is 7.53. The van der Waals surface area contributed by atoms with E-state index >= 15 is 0 Å². The molecule has 2 atom stereocenters. The first kappa shape index (κ1) is 13.1. The van der Waals surface area contributed by atoms with Crippen molar-refractivity contribution in [3.63, 3.8) is 0 Å². The van der Waals surface area contributed by atoms with Gasteiger partial charge in [-0.15, -0.1) is 0 Å². The van der Waals surface area contributed by atoms with Crippen LogP contribution in [0.1, 0.15) is 62.6 Å². The minimum Gasteiger partial charge on any atom is -0.381 e. The summed E-state index contributed by atoms with van der Waals surface area (Å²) in [5, 5.41) is 7.74. The van der Waals surface area contributed by atoms with E-state index in [2.05, 4.69) is 22.4 Å². The molecule has 2 fully saturated rings. The van der Waals surface area contributed by atoms with Crippen LogP contribution in [0.3, 0.4) is 0 Å². The van der Waals surface area contributed by atoms with E-state index in [0.29, 0.717) is 18.6 Å². The molecule has 3 rings (SSSR count). The summed E-state index contributed by atoms with van der Waals surface area (Å²) >= 11 is 0. The Morgan fingerprint density at radius 2 is 2.21 bits per heavy atom. The van der Waals surface area contributed by atoms with Crippen molar-refractivity contribution in [3.8, 4) is 0 Å². The zero-order valence-electron chi connectivity index (χ0n) is 11.6. The Kier molecular flexibility index (Phi) is 4.13. The van der Waals surface area contributed by atoms with Gasteiger partial charge in [-0.05, 0) is 32.2 Å². The number of aromatic nitrogens is 2. The number of rotatable bonds is 5. The molecule has 0 radical (unpaired) electrons. The molecule has 0 bridgehead atoms. The fourth-order valence-corrected chi connectivity index (χ4v) is 2.79. The molecule has 1 aliphatic heterocycles. The van der Waals surface area contributed by atoms with Gasteiger partial charge >= 0.3 is 0 Å². The van der Waals surface area contributed by atoms with Crippen LogP contribution in [0.25, 0.3) is 0 Å². The second-order valence-electron chi connectivity index (χ2n) is 5.65. The second kappa shape index (κ2) is 6.01. The predicted octanol–water partition coefficient (Wildman–Crippen LogP) is 2.21. The van der Waals surface area contributed by atoms with Gasteiger partial charge in [0.25, 0.3) is 0 Å². The third-order valence-corrected chi connectivity index (χ3v) is 4.26. The van der Waals surface area contributed by atoms with Crippen molar-refractivity contribution in [2.75, 3.05) is 19.8 Å². The Labute approximate surface area is 114 Å². The van der Waals surface area contributed by atoms with Crippen molar-refractivity contribution in [2.45, 2.75) is 56.9 Å². The van der Waals surface area contributed by atoms with Crippen LogP contribution in [0.2, 0.25) is 0 Å². The highest BCUT2D eigenvalue weighted by molar-refractivity contribution is 5.05. The maximum absolute atomic E-state index is 5.59. The highest BCUT2D eigenvalue weighted by Gasteiger charge is 2.33. The molecule has 1 saturated carbocycles. The van der Waals surface area contributed by atoms with Crippen LogP contribution < -0.4 is 5.32 Å². The summed E-state index contributed by atoms with van der Waals surface area (Å²) in [4.78, 5) is 4.62. The van der Waals surface area contributed by atoms with Gasteiger partial charge in [-0.1, -0.05) is 18.5 Å². The van der Waals surface area contributed by atoms with Crippen LogP contribution in [0.15, 0.2) is 4.52 Å². The van der Waals surface area contributed by atoms with E-state index < -0.39 is 0 Å². The molecular weight excluding hydrogens is 242 g/mol. The van der Waals surface area contributed by atoms with Crippen molar-refractivity contribution in [1.29, 1.82) is 0 Å². The van der Waals surface area contributed by atoms with Crippen LogP contribution in [-0.2, 0) is 4.74 Å². The smallest absolute Gasteiger partial charge is 0.233 e. The first-order valence-electron chi connectivity index (χ1n) is 7.53. The zero-order valence-corrected chi connectivity index (χ0v) is 11.6. The van der Waals surface area contributed by atoms with E-state index in [-0.39, 0.29) is 5.92 Å². The number of hydrogen-bond acceptors (Lipinski definition) is 5. The molecule has 2 aliphatic rings. The number of hydrogen-bond donors (Lipinski definition) is 1. The van der Waals surface area contributed by atoms with E-state index in [1.54, 1.807) is 0 Å². The van der Waals surface area contributed by atoms with Gasteiger partial charge in [0.2, 0.25) is 5.89 Å². The molecule has 1 N–H and O–H groups in total. The Balaban J connectivity index is 1.68. The number of nitrogens with one attached hydrogen (secondary N) is 1. The van der Waals surface area contributed by atoms with Crippen molar-refractivity contribution >= 4 is 0 Å². The highest BCUT2D eigenvalue weighted by Crippen LogP contribution is 2.35. The molecule has 0 amide bonds.